The molecule has 0 spiro atoms. The van der Waals surface area contributed by atoms with Crippen LogP contribution in [0.1, 0.15) is 24.8 Å². The SMILES string of the molecule is COCCNC1CC(C2CC2)CN(c2ccc(C#N)c3nccnc23)C1. The van der Waals surface area contributed by atoms with E-state index in [0.717, 1.165) is 43.4 Å². The van der Waals surface area contributed by atoms with E-state index in [4.69, 9.17) is 4.74 Å². The van der Waals surface area contributed by atoms with Gasteiger partial charge in [0.15, 0.2) is 0 Å². The predicted molar refractivity (Wildman–Crippen MR) is 101 cm³/mol. The Morgan fingerprint density at radius 1 is 1.19 bits per heavy atom. The van der Waals surface area contributed by atoms with E-state index in [1.807, 2.05) is 12.1 Å². The van der Waals surface area contributed by atoms with Gasteiger partial charge in [0.1, 0.15) is 17.1 Å². The standard InChI is InChI=1S/C20H25N5O/c1-26-9-8-22-17-10-16(14-2-3-14)12-25(13-17)18-5-4-15(11-21)19-20(18)24-7-6-23-19/h4-7,14,16-17,22H,2-3,8-10,12-13H2,1H3. The highest BCUT2D eigenvalue weighted by Gasteiger charge is 2.37. The van der Waals surface area contributed by atoms with E-state index in [0.29, 0.717) is 23.0 Å². The fourth-order valence-corrected chi connectivity index (χ4v) is 4.15. The first-order valence-corrected chi connectivity index (χ1v) is 9.41. The lowest BCUT2D eigenvalue weighted by atomic mass is 9.89. The van der Waals surface area contributed by atoms with Crippen molar-refractivity contribution < 1.29 is 4.74 Å². The van der Waals surface area contributed by atoms with E-state index in [1.54, 1.807) is 19.5 Å². The van der Waals surface area contributed by atoms with Crippen LogP contribution in [0.2, 0.25) is 0 Å². The van der Waals surface area contributed by atoms with Crippen LogP contribution in [0.5, 0.6) is 0 Å². The number of rotatable bonds is 6. The van der Waals surface area contributed by atoms with Crippen molar-refractivity contribution in [3.05, 3.63) is 30.1 Å². The van der Waals surface area contributed by atoms with E-state index in [2.05, 4.69) is 26.3 Å². The minimum atomic E-state index is 0.451. The van der Waals surface area contributed by atoms with Crippen molar-refractivity contribution in [3.8, 4) is 6.07 Å². The maximum atomic E-state index is 9.37. The molecule has 2 fully saturated rings. The van der Waals surface area contributed by atoms with Gasteiger partial charge in [-0.15, -0.1) is 0 Å². The quantitative estimate of drug-likeness (QED) is 0.805. The molecular weight excluding hydrogens is 326 g/mol. The molecule has 2 atom stereocenters. The smallest absolute Gasteiger partial charge is 0.113 e. The molecule has 2 unspecified atom stereocenters. The van der Waals surface area contributed by atoms with Crippen molar-refractivity contribution in [2.45, 2.75) is 25.3 Å². The number of hydrogen-bond donors (Lipinski definition) is 1. The number of piperidine rings is 1. The van der Waals surface area contributed by atoms with Crippen LogP contribution in [0.4, 0.5) is 5.69 Å². The molecule has 0 radical (unpaired) electrons. The summed E-state index contributed by atoms with van der Waals surface area (Å²) in [5, 5.41) is 13.0. The third-order valence-corrected chi connectivity index (χ3v) is 5.58. The second-order valence-corrected chi connectivity index (χ2v) is 7.38. The molecule has 0 bridgehead atoms. The van der Waals surface area contributed by atoms with Crippen molar-refractivity contribution in [2.75, 3.05) is 38.3 Å². The van der Waals surface area contributed by atoms with Gasteiger partial charge in [0.2, 0.25) is 0 Å². The van der Waals surface area contributed by atoms with Crippen molar-refractivity contribution in [3.63, 3.8) is 0 Å². The van der Waals surface area contributed by atoms with Crippen LogP contribution in [0.15, 0.2) is 24.5 Å². The summed E-state index contributed by atoms with van der Waals surface area (Å²) in [4.78, 5) is 11.4. The molecular formula is C20H25N5O. The first-order valence-electron chi connectivity index (χ1n) is 9.41. The van der Waals surface area contributed by atoms with E-state index in [1.165, 1.54) is 19.3 Å². The highest BCUT2D eigenvalue weighted by molar-refractivity contribution is 5.92. The highest BCUT2D eigenvalue weighted by Crippen LogP contribution is 2.42. The number of benzene rings is 1. The topological polar surface area (TPSA) is 74.1 Å². The van der Waals surface area contributed by atoms with Crippen LogP contribution < -0.4 is 10.2 Å². The second kappa shape index (κ2) is 7.56. The molecule has 0 amide bonds. The summed E-state index contributed by atoms with van der Waals surface area (Å²) in [5.41, 5.74) is 3.21. The maximum absolute atomic E-state index is 9.37. The molecule has 6 nitrogen and oxygen atoms in total. The number of nitrogens with one attached hydrogen (secondary N) is 1. The molecule has 6 heteroatoms. The fraction of sp³-hybridized carbons (Fsp3) is 0.550. The summed E-state index contributed by atoms with van der Waals surface area (Å²) in [6, 6.07) is 6.60. The molecule has 1 aliphatic carbocycles. The van der Waals surface area contributed by atoms with Gasteiger partial charge in [-0.3, -0.25) is 9.97 Å². The Morgan fingerprint density at radius 3 is 2.73 bits per heavy atom. The second-order valence-electron chi connectivity index (χ2n) is 7.38. The molecule has 136 valence electrons. The molecule has 1 N–H and O–H groups in total. The molecule has 2 aliphatic rings. The zero-order valence-corrected chi connectivity index (χ0v) is 15.2. The minimum Gasteiger partial charge on any atom is -0.383 e. The van der Waals surface area contributed by atoms with Crippen molar-refractivity contribution in [1.82, 2.24) is 15.3 Å². The van der Waals surface area contributed by atoms with Gasteiger partial charge in [0, 0.05) is 45.2 Å². The summed E-state index contributed by atoms with van der Waals surface area (Å²) in [6.07, 6.45) is 7.31. The molecule has 2 aromatic rings. The third-order valence-electron chi connectivity index (χ3n) is 5.58. The van der Waals surface area contributed by atoms with Crippen LogP contribution in [-0.4, -0.2) is 49.4 Å². The summed E-state index contributed by atoms with van der Waals surface area (Å²) in [7, 11) is 1.74. The Bertz CT molecular complexity index is 813. The van der Waals surface area contributed by atoms with Crippen molar-refractivity contribution >= 4 is 16.7 Å². The third kappa shape index (κ3) is 3.50. The first kappa shape index (κ1) is 17.2. The lowest BCUT2D eigenvalue weighted by molar-refractivity contribution is 0.190. The molecule has 1 aromatic heterocycles. The van der Waals surface area contributed by atoms with Crippen LogP contribution in [0.25, 0.3) is 11.0 Å². The maximum Gasteiger partial charge on any atom is 0.113 e. The fourth-order valence-electron chi connectivity index (χ4n) is 4.15. The van der Waals surface area contributed by atoms with E-state index in [-0.39, 0.29) is 0 Å². The van der Waals surface area contributed by atoms with Gasteiger partial charge < -0.3 is 15.0 Å². The van der Waals surface area contributed by atoms with Crippen LogP contribution >= 0.6 is 0 Å². The van der Waals surface area contributed by atoms with Gasteiger partial charge in [-0.1, -0.05) is 0 Å². The Morgan fingerprint density at radius 2 is 2.00 bits per heavy atom. The average Bonchev–Trinajstić information content (AvgIpc) is 3.52. The number of methoxy groups -OCH3 is 1. The zero-order valence-electron chi connectivity index (χ0n) is 15.2. The number of aromatic nitrogens is 2. The molecule has 1 aromatic carbocycles. The van der Waals surface area contributed by atoms with Crippen LogP contribution in [-0.2, 0) is 4.74 Å². The normalized spacial score (nSPS) is 23.2. The Balaban J connectivity index is 1.63. The number of fused-ring (bicyclic) bond motifs is 1. The Hall–Kier alpha value is -2.23. The zero-order chi connectivity index (χ0) is 17.9. The summed E-state index contributed by atoms with van der Waals surface area (Å²) < 4.78 is 5.19. The van der Waals surface area contributed by atoms with Gasteiger partial charge in [-0.05, 0) is 43.2 Å². The van der Waals surface area contributed by atoms with E-state index < -0.39 is 0 Å². The predicted octanol–water partition coefficient (Wildman–Crippen LogP) is 2.34. The summed E-state index contributed by atoms with van der Waals surface area (Å²) in [5.74, 6) is 1.58. The van der Waals surface area contributed by atoms with Crippen molar-refractivity contribution in [2.24, 2.45) is 11.8 Å². The van der Waals surface area contributed by atoms with Gasteiger partial charge in [-0.25, -0.2) is 0 Å². The number of hydrogen-bond acceptors (Lipinski definition) is 6. The minimum absolute atomic E-state index is 0.451. The van der Waals surface area contributed by atoms with Crippen LogP contribution in [0, 0.1) is 23.2 Å². The van der Waals surface area contributed by atoms with Crippen molar-refractivity contribution in [1.29, 1.82) is 5.26 Å². The number of ether oxygens (including phenoxy) is 1. The summed E-state index contributed by atoms with van der Waals surface area (Å²) in [6.45, 7) is 3.62. The summed E-state index contributed by atoms with van der Waals surface area (Å²) >= 11 is 0. The van der Waals surface area contributed by atoms with Gasteiger partial charge in [0.05, 0.1) is 17.9 Å². The molecule has 1 saturated carbocycles. The molecule has 4 rings (SSSR count). The van der Waals surface area contributed by atoms with E-state index in [9.17, 15) is 5.26 Å². The van der Waals surface area contributed by atoms with Gasteiger partial charge in [0.25, 0.3) is 0 Å². The first-order chi connectivity index (χ1) is 12.8. The van der Waals surface area contributed by atoms with Gasteiger partial charge >= 0.3 is 0 Å². The number of nitrogens with zero attached hydrogens (tertiary/aromatic N) is 4. The number of nitriles is 1. The molecule has 26 heavy (non-hydrogen) atoms. The van der Waals surface area contributed by atoms with Crippen LogP contribution in [0.3, 0.4) is 0 Å². The Kier molecular flexibility index (Phi) is 5.00. The molecule has 1 saturated heterocycles. The average molecular weight is 351 g/mol. The highest BCUT2D eigenvalue weighted by atomic mass is 16.5. The Labute approximate surface area is 154 Å². The number of anilines is 1. The lowest BCUT2D eigenvalue weighted by Gasteiger charge is -2.40. The molecule has 2 heterocycles. The van der Waals surface area contributed by atoms with E-state index >= 15 is 0 Å². The molecule has 1 aliphatic heterocycles. The largest absolute Gasteiger partial charge is 0.383 e. The van der Waals surface area contributed by atoms with Gasteiger partial charge in [-0.2, -0.15) is 5.26 Å². The monoisotopic (exact) mass is 351 g/mol. The lowest BCUT2D eigenvalue weighted by Crippen LogP contribution is -2.50.